The lowest BCUT2D eigenvalue weighted by molar-refractivity contribution is -0.135. The van der Waals surface area contributed by atoms with Crippen molar-refractivity contribution < 1.29 is 9.59 Å². The van der Waals surface area contributed by atoms with Crippen molar-refractivity contribution in [1.82, 2.24) is 45.4 Å². The Morgan fingerprint density at radius 2 is 1.61 bits per heavy atom. The fraction of sp³-hybridized carbons (Fsp3) is 0.500. The number of urea groups is 1. The Labute approximate surface area is 267 Å². The minimum absolute atomic E-state index is 0.0178. The molecule has 1 unspecified atom stereocenters. The maximum absolute atomic E-state index is 14.0. The van der Waals surface area contributed by atoms with E-state index >= 15 is 0 Å². The molecule has 0 bridgehead atoms. The lowest BCUT2D eigenvalue weighted by atomic mass is 9.79. The van der Waals surface area contributed by atoms with Crippen LogP contribution in [0, 0.1) is 11.8 Å². The number of amides is 3. The maximum Gasteiger partial charge on any atom is 0.343 e. The summed E-state index contributed by atoms with van der Waals surface area (Å²) < 4.78 is 1.52. The topological polar surface area (TPSA) is 144 Å². The van der Waals surface area contributed by atoms with Crippen LogP contribution in [0.25, 0.3) is 22.3 Å². The normalized spacial score (nSPS) is 19.4. The number of likely N-dealkylation sites (tertiary alicyclic amines) is 2. The fourth-order valence-corrected chi connectivity index (χ4v) is 7.55. The van der Waals surface area contributed by atoms with Gasteiger partial charge in [-0.05, 0) is 81.1 Å². The maximum atomic E-state index is 14.0. The van der Waals surface area contributed by atoms with E-state index in [-0.39, 0.29) is 23.7 Å². The molecule has 0 saturated carbocycles. The molecular weight excluding hydrogens is 582 g/mol. The first-order chi connectivity index (χ1) is 22.5. The van der Waals surface area contributed by atoms with Crippen molar-refractivity contribution in [1.29, 1.82) is 0 Å². The molecule has 12 heteroatoms. The second-order valence-corrected chi connectivity index (χ2v) is 13.1. The molecule has 4 N–H and O–H groups in total. The predicted molar refractivity (Wildman–Crippen MR) is 175 cm³/mol. The highest BCUT2D eigenvalue weighted by molar-refractivity contribution is 5.88. The van der Waals surface area contributed by atoms with E-state index in [4.69, 9.17) is 0 Å². The van der Waals surface area contributed by atoms with Crippen LogP contribution in [0.5, 0.6) is 0 Å². The van der Waals surface area contributed by atoms with Gasteiger partial charge in [-0.1, -0.05) is 36.4 Å². The van der Waals surface area contributed by atoms with Gasteiger partial charge in [0.2, 0.25) is 5.91 Å². The van der Waals surface area contributed by atoms with Crippen LogP contribution >= 0.6 is 0 Å². The van der Waals surface area contributed by atoms with Gasteiger partial charge in [0.05, 0.1) is 17.8 Å². The van der Waals surface area contributed by atoms with Crippen LogP contribution in [0.1, 0.15) is 50.1 Å². The first-order valence-electron chi connectivity index (χ1n) is 16.7. The van der Waals surface area contributed by atoms with Crippen LogP contribution in [-0.2, 0) is 11.2 Å². The lowest BCUT2D eigenvalue weighted by Crippen LogP contribution is -2.55. The summed E-state index contributed by atoms with van der Waals surface area (Å²) in [4.78, 5) is 47.0. The molecule has 12 nitrogen and oxygen atoms in total. The number of carbonyl (C=O) groups excluding carboxylic acids is 2. The van der Waals surface area contributed by atoms with Crippen molar-refractivity contribution in [2.24, 2.45) is 11.8 Å². The molecule has 3 saturated heterocycles. The van der Waals surface area contributed by atoms with Crippen LogP contribution in [0.2, 0.25) is 0 Å². The highest BCUT2D eigenvalue weighted by atomic mass is 16.2. The van der Waals surface area contributed by atoms with Gasteiger partial charge in [-0.25, -0.2) is 14.3 Å². The summed E-state index contributed by atoms with van der Waals surface area (Å²) in [6, 6.07) is 14.5. The molecule has 0 aliphatic carbocycles. The number of nitrogens with zero attached hydrogens (tertiary/aromatic N) is 5. The Kier molecular flexibility index (Phi) is 8.87. The molecule has 3 amide bonds. The lowest BCUT2D eigenvalue weighted by Gasteiger charge is -2.39. The van der Waals surface area contributed by atoms with Crippen molar-refractivity contribution in [2.45, 2.75) is 57.0 Å². The second-order valence-electron chi connectivity index (χ2n) is 13.1. The number of hydrogen-bond donors (Lipinski definition) is 4. The summed E-state index contributed by atoms with van der Waals surface area (Å²) in [5.74, 6) is 1.92. The number of hydrogen-bond acceptors (Lipinski definition) is 6. The summed E-state index contributed by atoms with van der Waals surface area (Å²) >= 11 is 0. The molecule has 2 aromatic heterocycles. The van der Waals surface area contributed by atoms with Gasteiger partial charge in [-0.2, -0.15) is 5.10 Å². The first-order valence-corrected chi connectivity index (χ1v) is 16.7. The molecule has 3 fully saturated rings. The predicted octanol–water partition coefficient (Wildman–Crippen LogP) is 3.31. The van der Waals surface area contributed by atoms with Gasteiger partial charge >= 0.3 is 11.7 Å². The summed E-state index contributed by atoms with van der Waals surface area (Å²) in [7, 11) is 0. The molecule has 4 aromatic rings. The molecule has 242 valence electrons. The van der Waals surface area contributed by atoms with Gasteiger partial charge in [0.1, 0.15) is 6.04 Å². The van der Waals surface area contributed by atoms with Crippen molar-refractivity contribution in [3.8, 4) is 11.4 Å². The highest BCUT2D eigenvalue weighted by Crippen LogP contribution is 2.31. The van der Waals surface area contributed by atoms with Gasteiger partial charge in [0.25, 0.3) is 0 Å². The zero-order valence-corrected chi connectivity index (χ0v) is 26.2. The molecule has 3 aliphatic heterocycles. The third kappa shape index (κ3) is 6.57. The molecular formula is C34H43N9O3. The quantitative estimate of drug-likeness (QED) is 0.248. The van der Waals surface area contributed by atoms with Gasteiger partial charge < -0.3 is 20.4 Å². The van der Waals surface area contributed by atoms with E-state index in [1.54, 1.807) is 11.1 Å². The fourth-order valence-electron chi connectivity index (χ4n) is 7.55. The summed E-state index contributed by atoms with van der Waals surface area (Å²) in [6.45, 7) is 4.58. The first kappa shape index (κ1) is 30.2. The number of aromatic amines is 2. The van der Waals surface area contributed by atoms with E-state index in [1.807, 2.05) is 53.4 Å². The molecule has 7 rings (SSSR count). The van der Waals surface area contributed by atoms with E-state index in [0.29, 0.717) is 44.1 Å². The van der Waals surface area contributed by atoms with E-state index in [0.717, 1.165) is 67.0 Å². The molecule has 46 heavy (non-hydrogen) atoms. The minimum Gasteiger partial charge on any atom is -0.341 e. The average Bonchev–Trinajstić information content (AvgIpc) is 3.75. The van der Waals surface area contributed by atoms with Gasteiger partial charge in [-0.15, -0.1) is 5.10 Å². The Balaban J connectivity index is 1.01. The summed E-state index contributed by atoms with van der Waals surface area (Å²) in [6.07, 6.45) is 7.85. The molecule has 5 heterocycles. The zero-order valence-electron chi connectivity index (χ0n) is 26.2. The van der Waals surface area contributed by atoms with E-state index in [2.05, 4.69) is 30.9 Å². The van der Waals surface area contributed by atoms with Crippen LogP contribution in [-0.4, -0.2) is 92.0 Å². The van der Waals surface area contributed by atoms with Crippen molar-refractivity contribution in [3.63, 3.8) is 0 Å². The summed E-state index contributed by atoms with van der Waals surface area (Å²) in [5.41, 5.74) is 2.52. The van der Waals surface area contributed by atoms with Crippen molar-refractivity contribution in [2.75, 3.05) is 39.3 Å². The van der Waals surface area contributed by atoms with Gasteiger partial charge in [0, 0.05) is 43.5 Å². The van der Waals surface area contributed by atoms with E-state index in [9.17, 15) is 14.4 Å². The van der Waals surface area contributed by atoms with Crippen LogP contribution in [0.3, 0.4) is 0 Å². The Morgan fingerprint density at radius 3 is 2.37 bits per heavy atom. The van der Waals surface area contributed by atoms with Crippen LogP contribution in [0.4, 0.5) is 4.79 Å². The molecule has 1 atom stereocenters. The molecule has 0 radical (unpaired) electrons. The third-order valence-corrected chi connectivity index (χ3v) is 10.2. The van der Waals surface area contributed by atoms with Crippen LogP contribution < -0.4 is 16.3 Å². The Morgan fingerprint density at radius 1 is 0.891 bits per heavy atom. The Bertz CT molecular complexity index is 1690. The number of piperidine rings is 3. The SMILES string of the molecule is O=C(NC(Cc1ccc2[nH]ncc2c1)C(=O)N1CCC(C2CCNCC2)CC1)N1CCC(n2nc(-c3ccccc3)[nH]c2=O)CC1. The minimum atomic E-state index is -0.674. The number of aromatic nitrogens is 5. The molecule has 0 spiro atoms. The van der Waals surface area contributed by atoms with Crippen molar-refractivity contribution >= 4 is 22.8 Å². The zero-order chi connectivity index (χ0) is 31.5. The number of carbonyl (C=O) groups is 2. The van der Waals surface area contributed by atoms with Gasteiger partial charge in [-0.3, -0.25) is 14.9 Å². The standard InChI is InChI=1S/C34H43N9O3/c44-32(41-16-10-25(11-17-41)24-8-14-35-15-9-24)30(21-23-6-7-29-27(20-23)22-36-39-29)37-33(45)42-18-12-28(13-19-42)43-34(46)38-31(40-43)26-4-2-1-3-5-26/h1-7,20,22,24-25,28,30,35H,8-19,21H2,(H,36,39)(H,37,45)(H,38,40,46). The average molecular weight is 626 g/mol. The highest BCUT2D eigenvalue weighted by Gasteiger charge is 2.34. The molecule has 2 aromatic carbocycles. The van der Waals surface area contributed by atoms with E-state index in [1.165, 1.54) is 17.5 Å². The third-order valence-electron chi connectivity index (χ3n) is 10.2. The largest absolute Gasteiger partial charge is 0.343 e. The van der Waals surface area contributed by atoms with Crippen LogP contribution in [0.15, 0.2) is 59.5 Å². The number of fused-ring (bicyclic) bond motifs is 1. The number of nitrogens with one attached hydrogen (secondary N) is 4. The Hall–Kier alpha value is -4.45. The second kappa shape index (κ2) is 13.5. The monoisotopic (exact) mass is 625 g/mol. The van der Waals surface area contributed by atoms with Crippen molar-refractivity contribution in [3.05, 3.63) is 70.8 Å². The number of rotatable bonds is 7. The molecule has 3 aliphatic rings. The van der Waals surface area contributed by atoms with Gasteiger partial charge in [0.15, 0.2) is 5.82 Å². The van der Waals surface area contributed by atoms with E-state index < -0.39 is 6.04 Å². The smallest absolute Gasteiger partial charge is 0.341 e. The number of H-pyrrole nitrogens is 2. The number of benzene rings is 2. The summed E-state index contributed by atoms with van der Waals surface area (Å²) in [5, 5.41) is 19.2.